The van der Waals surface area contributed by atoms with Gasteiger partial charge in [-0.2, -0.15) is 0 Å². The third-order valence-electron chi connectivity index (χ3n) is 4.86. The van der Waals surface area contributed by atoms with E-state index in [-0.39, 0.29) is 18.0 Å². The Kier molecular flexibility index (Phi) is 6.06. The first-order chi connectivity index (χ1) is 13.4. The smallest absolute Gasteiger partial charge is 0.325 e. The normalized spacial score (nSPS) is 17.0. The van der Waals surface area contributed by atoms with Crippen molar-refractivity contribution < 1.29 is 19.1 Å². The van der Waals surface area contributed by atoms with Crippen molar-refractivity contribution in [3.05, 3.63) is 23.8 Å². The zero-order chi connectivity index (χ0) is 20.3. The highest BCUT2D eigenvalue weighted by molar-refractivity contribution is 6.10. The minimum atomic E-state index is -0.0780. The number of urea groups is 1. The SMILES string of the molecule is COc1ccc(C2=NCCN2C(=O)N2CCN(C(C)=O)CC2)c(OC(C)C)c1. The number of benzene rings is 1. The fourth-order valence-corrected chi connectivity index (χ4v) is 3.41. The van der Waals surface area contributed by atoms with Crippen LogP contribution in [0.3, 0.4) is 0 Å². The second-order valence-corrected chi connectivity index (χ2v) is 7.16. The van der Waals surface area contributed by atoms with Crippen LogP contribution >= 0.6 is 0 Å². The summed E-state index contributed by atoms with van der Waals surface area (Å²) >= 11 is 0. The van der Waals surface area contributed by atoms with Gasteiger partial charge in [-0.1, -0.05) is 0 Å². The molecule has 1 aromatic rings. The molecule has 3 rings (SSSR count). The Morgan fingerprint density at radius 3 is 2.36 bits per heavy atom. The molecule has 8 heteroatoms. The Balaban J connectivity index is 1.79. The summed E-state index contributed by atoms with van der Waals surface area (Å²) in [6.45, 7) is 8.74. The van der Waals surface area contributed by atoms with Crippen LogP contribution in [0.4, 0.5) is 4.79 Å². The lowest BCUT2D eigenvalue weighted by molar-refractivity contribution is -0.130. The molecule has 2 heterocycles. The van der Waals surface area contributed by atoms with Crippen LogP contribution < -0.4 is 9.47 Å². The topological polar surface area (TPSA) is 74.7 Å². The summed E-state index contributed by atoms with van der Waals surface area (Å²) in [5.41, 5.74) is 0.780. The molecule has 3 amide bonds. The lowest BCUT2D eigenvalue weighted by Crippen LogP contribution is -2.54. The summed E-state index contributed by atoms with van der Waals surface area (Å²) < 4.78 is 11.3. The van der Waals surface area contributed by atoms with Crippen LogP contribution in [0.25, 0.3) is 0 Å². The van der Waals surface area contributed by atoms with Crippen LogP contribution in [-0.2, 0) is 4.79 Å². The summed E-state index contributed by atoms with van der Waals surface area (Å²) in [6.07, 6.45) is -0.0170. The molecular formula is C20H28N4O4. The molecule has 0 saturated carbocycles. The molecular weight excluding hydrogens is 360 g/mol. The van der Waals surface area contributed by atoms with E-state index in [4.69, 9.17) is 9.47 Å². The number of amides is 3. The van der Waals surface area contributed by atoms with Crippen molar-refractivity contribution in [2.45, 2.75) is 26.9 Å². The first-order valence-electron chi connectivity index (χ1n) is 9.62. The summed E-state index contributed by atoms with van der Waals surface area (Å²) in [6, 6.07) is 5.47. The molecule has 1 aromatic carbocycles. The average molecular weight is 388 g/mol. The largest absolute Gasteiger partial charge is 0.497 e. The summed E-state index contributed by atoms with van der Waals surface area (Å²) in [5.74, 6) is 2.01. The van der Waals surface area contributed by atoms with Crippen LogP contribution in [0.1, 0.15) is 26.3 Å². The molecule has 0 N–H and O–H groups in total. The highest BCUT2D eigenvalue weighted by Crippen LogP contribution is 2.29. The third kappa shape index (κ3) is 4.21. The molecule has 152 valence electrons. The van der Waals surface area contributed by atoms with E-state index in [0.29, 0.717) is 56.6 Å². The first-order valence-corrected chi connectivity index (χ1v) is 9.62. The number of carbonyl (C=O) groups excluding carboxylic acids is 2. The molecule has 1 saturated heterocycles. The average Bonchev–Trinajstić information content (AvgIpc) is 3.16. The number of ether oxygens (including phenoxy) is 2. The van der Waals surface area contributed by atoms with E-state index in [1.165, 1.54) is 0 Å². The van der Waals surface area contributed by atoms with Gasteiger partial charge in [0.25, 0.3) is 0 Å². The van der Waals surface area contributed by atoms with Gasteiger partial charge >= 0.3 is 6.03 Å². The minimum Gasteiger partial charge on any atom is -0.497 e. The van der Waals surface area contributed by atoms with E-state index in [1.807, 2.05) is 32.0 Å². The number of piperazine rings is 1. The maximum absolute atomic E-state index is 13.1. The molecule has 0 radical (unpaired) electrons. The maximum Gasteiger partial charge on any atom is 0.325 e. The maximum atomic E-state index is 13.1. The second kappa shape index (κ2) is 8.50. The number of aliphatic imine (C=N–C) groups is 1. The van der Waals surface area contributed by atoms with E-state index in [0.717, 1.165) is 5.56 Å². The standard InChI is InChI=1S/C20H28N4O4/c1-14(2)28-18-13-16(27-4)5-6-17(18)19-21-7-8-24(19)20(26)23-11-9-22(10-12-23)15(3)25/h5-6,13-14H,7-12H2,1-4H3. The molecule has 0 aromatic heterocycles. The lowest BCUT2D eigenvalue weighted by atomic mass is 10.1. The van der Waals surface area contributed by atoms with Gasteiger partial charge in [-0.25, -0.2) is 4.79 Å². The molecule has 0 aliphatic carbocycles. The Morgan fingerprint density at radius 1 is 1.07 bits per heavy atom. The van der Waals surface area contributed by atoms with Crippen LogP contribution in [0.2, 0.25) is 0 Å². The molecule has 2 aliphatic rings. The molecule has 0 spiro atoms. The van der Waals surface area contributed by atoms with Gasteiger partial charge in [-0.15, -0.1) is 0 Å². The minimum absolute atomic E-state index is 0.0170. The number of amidine groups is 1. The van der Waals surface area contributed by atoms with Gasteiger partial charge in [-0.3, -0.25) is 14.7 Å². The van der Waals surface area contributed by atoms with Crippen molar-refractivity contribution in [3.63, 3.8) is 0 Å². The van der Waals surface area contributed by atoms with Crippen LogP contribution in [0, 0.1) is 0 Å². The van der Waals surface area contributed by atoms with Crippen molar-refractivity contribution in [3.8, 4) is 11.5 Å². The highest BCUT2D eigenvalue weighted by atomic mass is 16.5. The Bertz CT molecular complexity index is 769. The predicted octanol–water partition coefficient (Wildman–Crippen LogP) is 1.83. The summed E-state index contributed by atoms with van der Waals surface area (Å²) in [7, 11) is 1.61. The third-order valence-corrected chi connectivity index (χ3v) is 4.86. The number of carbonyl (C=O) groups is 2. The number of methoxy groups -OCH3 is 1. The number of hydrogen-bond acceptors (Lipinski definition) is 5. The van der Waals surface area contributed by atoms with Crippen molar-refractivity contribution in [1.29, 1.82) is 0 Å². The second-order valence-electron chi connectivity index (χ2n) is 7.16. The molecule has 28 heavy (non-hydrogen) atoms. The van der Waals surface area contributed by atoms with Gasteiger partial charge in [0.15, 0.2) is 0 Å². The fourth-order valence-electron chi connectivity index (χ4n) is 3.41. The van der Waals surface area contributed by atoms with E-state index >= 15 is 0 Å². The quantitative estimate of drug-likeness (QED) is 0.789. The van der Waals surface area contributed by atoms with Crippen molar-refractivity contribution >= 4 is 17.8 Å². The Morgan fingerprint density at radius 2 is 1.75 bits per heavy atom. The summed E-state index contributed by atoms with van der Waals surface area (Å²) in [5, 5.41) is 0. The molecule has 0 atom stereocenters. The fraction of sp³-hybridized carbons (Fsp3) is 0.550. The molecule has 1 fully saturated rings. The van der Waals surface area contributed by atoms with Crippen molar-refractivity contribution in [2.75, 3.05) is 46.4 Å². The number of nitrogens with zero attached hydrogens (tertiary/aromatic N) is 4. The Hall–Kier alpha value is -2.77. The van der Waals surface area contributed by atoms with Crippen LogP contribution in [-0.4, -0.2) is 85.0 Å². The zero-order valence-corrected chi connectivity index (χ0v) is 17.0. The predicted molar refractivity (Wildman–Crippen MR) is 106 cm³/mol. The van der Waals surface area contributed by atoms with Crippen LogP contribution in [0.5, 0.6) is 11.5 Å². The van der Waals surface area contributed by atoms with Crippen molar-refractivity contribution in [1.82, 2.24) is 14.7 Å². The van der Waals surface area contributed by atoms with Gasteiger partial charge in [0.1, 0.15) is 17.3 Å². The molecule has 2 aliphatic heterocycles. The first kappa shape index (κ1) is 20.0. The van der Waals surface area contributed by atoms with Gasteiger partial charge < -0.3 is 19.3 Å². The summed E-state index contributed by atoms with van der Waals surface area (Å²) in [4.78, 5) is 34.5. The van der Waals surface area contributed by atoms with E-state index < -0.39 is 0 Å². The van der Waals surface area contributed by atoms with Crippen molar-refractivity contribution in [2.24, 2.45) is 4.99 Å². The van der Waals surface area contributed by atoms with Gasteiger partial charge in [-0.05, 0) is 26.0 Å². The van der Waals surface area contributed by atoms with E-state index in [2.05, 4.69) is 4.99 Å². The lowest BCUT2D eigenvalue weighted by Gasteiger charge is -2.36. The van der Waals surface area contributed by atoms with Gasteiger partial charge in [0.2, 0.25) is 5.91 Å². The zero-order valence-electron chi connectivity index (χ0n) is 17.0. The van der Waals surface area contributed by atoms with E-state index in [9.17, 15) is 9.59 Å². The number of rotatable bonds is 4. The van der Waals surface area contributed by atoms with Gasteiger partial charge in [0, 0.05) is 45.7 Å². The highest BCUT2D eigenvalue weighted by Gasteiger charge is 2.32. The van der Waals surface area contributed by atoms with E-state index in [1.54, 1.807) is 28.7 Å². The molecule has 8 nitrogen and oxygen atoms in total. The monoisotopic (exact) mass is 388 g/mol. The number of hydrogen-bond donors (Lipinski definition) is 0. The van der Waals surface area contributed by atoms with Crippen LogP contribution in [0.15, 0.2) is 23.2 Å². The molecule has 0 bridgehead atoms. The molecule has 0 unspecified atom stereocenters. The Labute approximate surface area is 165 Å². The van der Waals surface area contributed by atoms with Gasteiger partial charge in [0.05, 0.1) is 25.3 Å².